The van der Waals surface area contributed by atoms with Gasteiger partial charge in [0.25, 0.3) is 0 Å². The van der Waals surface area contributed by atoms with Crippen molar-refractivity contribution >= 4 is 5.91 Å². The molecule has 0 aliphatic carbocycles. The molecule has 1 amide bonds. The number of aromatic amines is 1. The molecule has 0 aliphatic rings. The van der Waals surface area contributed by atoms with Crippen molar-refractivity contribution in [1.82, 2.24) is 24.9 Å². The van der Waals surface area contributed by atoms with Crippen LogP contribution in [-0.4, -0.2) is 37.8 Å². The van der Waals surface area contributed by atoms with Crippen LogP contribution >= 0.6 is 0 Å². The fourth-order valence-electron chi connectivity index (χ4n) is 2.95. The Morgan fingerprint density at radius 1 is 1.25 bits per heavy atom. The predicted molar refractivity (Wildman–Crippen MR) is 94.9 cm³/mol. The minimum Gasteiger partial charge on any atom is -0.341 e. The van der Waals surface area contributed by atoms with Crippen LogP contribution in [0.1, 0.15) is 60.2 Å². The molecule has 0 radical (unpaired) electrons. The van der Waals surface area contributed by atoms with Crippen molar-refractivity contribution in [3.63, 3.8) is 0 Å². The number of aryl methyl sites for hydroxylation is 3. The van der Waals surface area contributed by atoms with Gasteiger partial charge in [0.2, 0.25) is 5.91 Å². The minimum absolute atomic E-state index is 0.131. The van der Waals surface area contributed by atoms with Crippen LogP contribution in [0.5, 0.6) is 0 Å². The van der Waals surface area contributed by atoms with E-state index in [9.17, 15) is 4.79 Å². The van der Waals surface area contributed by atoms with E-state index < -0.39 is 0 Å². The van der Waals surface area contributed by atoms with Gasteiger partial charge >= 0.3 is 0 Å². The highest BCUT2D eigenvalue weighted by Crippen LogP contribution is 2.19. The Morgan fingerprint density at radius 2 is 1.92 bits per heavy atom. The van der Waals surface area contributed by atoms with Crippen LogP contribution in [0.2, 0.25) is 0 Å². The van der Waals surface area contributed by atoms with Crippen molar-refractivity contribution in [1.29, 1.82) is 0 Å². The third-order valence-corrected chi connectivity index (χ3v) is 4.71. The highest BCUT2D eigenvalue weighted by atomic mass is 16.2. The smallest absolute Gasteiger partial charge is 0.223 e. The largest absolute Gasteiger partial charge is 0.341 e. The lowest BCUT2D eigenvalue weighted by atomic mass is 10.1. The second-order valence-electron chi connectivity index (χ2n) is 6.86. The molecule has 24 heavy (non-hydrogen) atoms. The second-order valence-corrected chi connectivity index (χ2v) is 6.86. The Kier molecular flexibility index (Phi) is 5.47. The third-order valence-electron chi connectivity index (χ3n) is 4.71. The van der Waals surface area contributed by atoms with E-state index in [1.807, 2.05) is 32.5 Å². The molecule has 2 aromatic heterocycles. The normalized spacial score (nSPS) is 11.3. The van der Waals surface area contributed by atoms with Crippen molar-refractivity contribution in [2.75, 3.05) is 7.05 Å². The average molecular weight is 331 g/mol. The molecule has 132 valence electrons. The first-order valence-corrected chi connectivity index (χ1v) is 8.51. The average Bonchev–Trinajstić information content (AvgIpc) is 2.99. The summed E-state index contributed by atoms with van der Waals surface area (Å²) in [6.45, 7) is 13.0. The molecule has 6 nitrogen and oxygen atoms in total. The first-order chi connectivity index (χ1) is 11.2. The first kappa shape index (κ1) is 18.2. The van der Waals surface area contributed by atoms with Crippen molar-refractivity contribution in [2.45, 2.75) is 67.0 Å². The van der Waals surface area contributed by atoms with Gasteiger partial charge in [0.15, 0.2) is 0 Å². The molecular weight excluding hydrogens is 302 g/mol. The maximum absolute atomic E-state index is 12.5. The summed E-state index contributed by atoms with van der Waals surface area (Å²) in [5.41, 5.74) is 6.48. The van der Waals surface area contributed by atoms with Crippen molar-refractivity contribution in [3.8, 4) is 0 Å². The van der Waals surface area contributed by atoms with Gasteiger partial charge in [0.1, 0.15) is 0 Å². The molecular formula is C18H29N5O. The zero-order valence-corrected chi connectivity index (χ0v) is 15.9. The Bertz CT molecular complexity index is 726. The van der Waals surface area contributed by atoms with Crippen molar-refractivity contribution in [3.05, 3.63) is 33.9 Å². The topological polar surface area (TPSA) is 66.8 Å². The van der Waals surface area contributed by atoms with E-state index in [-0.39, 0.29) is 5.91 Å². The van der Waals surface area contributed by atoms with E-state index in [1.165, 1.54) is 0 Å². The summed E-state index contributed by atoms with van der Waals surface area (Å²) in [4.78, 5) is 14.3. The van der Waals surface area contributed by atoms with Crippen LogP contribution in [-0.2, 0) is 17.8 Å². The van der Waals surface area contributed by atoms with Crippen LogP contribution in [0.4, 0.5) is 0 Å². The molecule has 1 N–H and O–H groups in total. The maximum atomic E-state index is 12.5. The number of amides is 1. The predicted octanol–water partition coefficient (Wildman–Crippen LogP) is 3.01. The molecule has 2 aromatic rings. The molecule has 2 heterocycles. The molecule has 0 spiro atoms. The fraction of sp³-hybridized carbons (Fsp3) is 0.611. The summed E-state index contributed by atoms with van der Waals surface area (Å²) in [7, 11) is 1.86. The molecule has 0 unspecified atom stereocenters. The summed E-state index contributed by atoms with van der Waals surface area (Å²) in [5, 5.41) is 11.8. The number of carbonyl (C=O) groups is 1. The van der Waals surface area contributed by atoms with Crippen molar-refractivity contribution < 1.29 is 4.79 Å². The summed E-state index contributed by atoms with van der Waals surface area (Å²) in [6.07, 6.45) is 1.14. The number of H-pyrrole nitrogens is 1. The molecule has 0 bridgehead atoms. The standard InChI is InChI=1S/C18H29N5O/c1-11(2)23-15(6)16(14(5)21-23)10-22(7)18(24)9-8-17-12(3)13(4)19-20-17/h11H,8-10H2,1-7H3,(H,19,20). The van der Waals surface area contributed by atoms with Crippen LogP contribution in [0.3, 0.4) is 0 Å². The molecule has 0 atom stereocenters. The summed E-state index contributed by atoms with van der Waals surface area (Å²) in [6, 6.07) is 0.323. The van der Waals surface area contributed by atoms with Gasteiger partial charge in [0, 0.05) is 49.4 Å². The summed E-state index contributed by atoms with van der Waals surface area (Å²) in [5.74, 6) is 0.131. The van der Waals surface area contributed by atoms with Gasteiger partial charge in [0.05, 0.1) is 11.4 Å². The minimum atomic E-state index is 0.131. The van der Waals surface area contributed by atoms with E-state index in [4.69, 9.17) is 0 Å². The van der Waals surface area contributed by atoms with Crippen LogP contribution in [0.15, 0.2) is 0 Å². The van der Waals surface area contributed by atoms with Crippen LogP contribution in [0, 0.1) is 27.7 Å². The van der Waals surface area contributed by atoms with Gasteiger partial charge in [-0.2, -0.15) is 10.2 Å². The van der Waals surface area contributed by atoms with E-state index in [1.54, 1.807) is 4.90 Å². The number of carbonyl (C=O) groups excluding carboxylic acids is 1. The van der Waals surface area contributed by atoms with Gasteiger partial charge < -0.3 is 4.90 Å². The van der Waals surface area contributed by atoms with Gasteiger partial charge in [-0.15, -0.1) is 0 Å². The lowest BCUT2D eigenvalue weighted by Crippen LogP contribution is -2.27. The number of hydrogen-bond donors (Lipinski definition) is 1. The SMILES string of the molecule is Cc1nn(C(C)C)c(C)c1CN(C)C(=O)CCc1n[nH]c(C)c1C. The van der Waals surface area contributed by atoms with E-state index >= 15 is 0 Å². The molecule has 0 saturated carbocycles. The molecule has 0 aliphatic heterocycles. The number of nitrogens with one attached hydrogen (secondary N) is 1. The monoisotopic (exact) mass is 331 g/mol. The van der Waals surface area contributed by atoms with Gasteiger partial charge in [-0.1, -0.05) is 0 Å². The molecule has 6 heteroatoms. The van der Waals surface area contributed by atoms with E-state index in [0.717, 1.165) is 33.9 Å². The fourth-order valence-corrected chi connectivity index (χ4v) is 2.95. The summed E-state index contributed by atoms with van der Waals surface area (Å²) >= 11 is 0. The zero-order chi connectivity index (χ0) is 18.0. The second kappa shape index (κ2) is 7.20. The zero-order valence-electron chi connectivity index (χ0n) is 15.9. The molecule has 2 rings (SSSR count). The molecule has 0 fully saturated rings. The van der Waals surface area contributed by atoms with Crippen LogP contribution in [0.25, 0.3) is 0 Å². The quantitative estimate of drug-likeness (QED) is 0.885. The Balaban J connectivity index is 2.00. The first-order valence-electron chi connectivity index (χ1n) is 8.51. The third kappa shape index (κ3) is 3.68. The Labute approximate surface area is 144 Å². The van der Waals surface area contributed by atoms with Crippen LogP contribution < -0.4 is 0 Å². The number of aromatic nitrogens is 4. The number of hydrogen-bond acceptors (Lipinski definition) is 3. The van der Waals surface area contributed by atoms with Gasteiger partial charge in [-0.25, -0.2) is 0 Å². The van der Waals surface area contributed by atoms with Gasteiger partial charge in [-0.05, 0) is 47.1 Å². The lowest BCUT2D eigenvalue weighted by molar-refractivity contribution is -0.130. The molecule has 0 saturated heterocycles. The van der Waals surface area contributed by atoms with E-state index in [2.05, 4.69) is 36.1 Å². The van der Waals surface area contributed by atoms with E-state index in [0.29, 0.717) is 25.4 Å². The van der Waals surface area contributed by atoms with Gasteiger partial charge in [-0.3, -0.25) is 14.6 Å². The maximum Gasteiger partial charge on any atom is 0.223 e. The molecule has 0 aromatic carbocycles. The number of rotatable bonds is 6. The number of nitrogens with zero attached hydrogens (tertiary/aromatic N) is 4. The lowest BCUT2D eigenvalue weighted by Gasteiger charge is -2.18. The van der Waals surface area contributed by atoms with Crippen molar-refractivity contribution in [2.24, 2.45) is 0 Å². The highest BCUT2D eigenvalue weighted by Gasteiger charge is 2.18. The summed E-state index contributed by atoms with van der Waals surface area (Å²) < 4.78 is 2.03. The highest BCUT2D eigenvalue weighted by molar-refractivity contribution is 5.76. The Morgan fingerprint density at radius 3 is 2.42 bits per heavy atom. The Hall–Kier alpha value is -2.11.